The summed E-state index contributed by atoms with van der Waals surface area (Å²) in [6.07, 6.45) is 22.4. The highest BCUT2D eigenvalue weighted by Gasteiger charge is 2.18. The number of hydrogen-bond acceptors (Lipinski definition) is 9. The average molecular weight is 493 g/mol. The maximum Gasteiger partial charge on any atom is 0.266 e. The summed E-state index contributed by atoms with van der Waals surface area (Å²) in [5, 5.41) is 19.1. The molecule has 0 unspecified atom stereocenters. The van der Waals surface area contributed by atoms with Crippen molar-refractivity contribution < 1.29 is 9.59 Å². The molecule has 0 spiro atoms. The van der Waals surface area contributed by atoms with Gasteiger partial charge in [0.25, 0.3) is 5.91 Å². The number of nitrogens with two attached hydrogens (primary N) is 1. The Balaban J connectivity index is 0.000000303. The fraction of sp³-hybridized carbons (Fsp3) is 0.182. The molecular weight excluding hydrogens is 468 g/mol. The maximum absolute atomic E-state index is 11.2. The smallest absolute Gasteiger partial charge is 0.266 e. The summed E-state index contributed by atoms with van der Waals surface area (Å²) in [4.78, 5) is 31.4. The van der Waals surface area contributed by atoms with Crippen molar-refractivity contribution in [3.8, 4) is 25.7 Å². The van der Waals surface area contributed by atoms with Gasteiger partial charge in [-0.05, 0) is 25.0 Å². The molecule has 4 aromatic rings. The lowest BCUT2D eigenvalue weighted by Crippen LogP contribution is -2.22. The second-order valence-corrected chi connectivity index (χ2v) is 7.44. The summed E-state index contributed by atoms with van der Waals surface area (Å²) < 4.78 is 1.78. The van der Waals surface area contributed by atoms with Gasteiger partial charge < -0.3 is 21.3 Å². The van der Waals surface area contributed by atoms with E-state index in [1.54, 1.807) is 22.2 Å². The molecule has 0 atom stereocenters. The van der Waals surface area contributed by atoms with Crippen LogP contribution in [0, 0.1) is 25.7 Å². The van der Waals surface area contributed by atoms with Crippen molar-refractivity contribution in [1.82, 2.24) is 29.8 Å². The van der Waals surface area contributed by atoms with Crippen LogP contribution in [0.2, 0.25) is 0 Å². The minimum absolute atomic E-state index is 0.243. The zero-order chi connectivity index (χ0) is 25.6. The summed E-state index contributed by atoms with van der Waals surface area (Å²) in [6.45, 7) is 1.92. The van der Waals surface area contributed by atoms with E-state index in [1.807, 2.05) is 18.3 Å². The number of carbonyl (C=O) groups is 2. The number of thiazole rings is 1. The van der Waals surface area contributed by atoms with E-state index < -0.39 is 5.91 Å². The Bertz CT molecular complexity index is 1250. The highest BCUT2D eigenvalue weighted by molar-refractivity contribution is 7.13. The number of aromatic amines is 1. The van der Waals surface area contributed by atoms with Crippen molar-refractivity contribution in [2.45, 2.75) is 12.8 Å². The van der Waals surface area contributed by atoms with Crippen molar-refractivity contribution in [1.29, 1.82) is 0 Å². The second-order valence-electron chi connectivity index (χ2n) is 6.55. The van der Waals surface area contributed by atoms with E-state index in [1.165, 1.54) is 11.3 Å². The molecule has 180 valence electrons. The van der Waals surface area contributed by atoms with E-state index in [0.29, 0.717) is 29.1 Å². The molecule has 12 nitrogen and oxygen atoms in total. The van der Waals surface area contributed by atoms with Gasteiger partial charge in [0, 0.05) is 36.9 Å². The molecule has 0 saturated carbocycles. The van der Waals surface area contributed by atoms with Crippen LogP contribution in [0.3, 0.4) is 0 Å². The minimum Gasteiger partial charge on any atom is -0.364 e. The molecule has 0 aromatic carbocycles. The zero-order valence-electron chi connectivity index (χ0n) is 18.7. The molecular formula is C22H24N10O2S. The first-order chi connectivity index (χ1) is 17.1. The van der Waals surface area contributed by atoms with Gasteiger partial charge in [-0.1, -0.05) is 0 Å². The Morgan fingerprint density at radius 3 is 2.57 bits per heavy atom. The SMILES string of the molecule is C#C.C#C.NC(=O)c1cc(Nc2nc(N3CCCC3)nn3cccc23)n[nH]1.O=CNc1nccs1. The number of primary amides is 1. The predicted molar refractivity (Wildman–Crippen MR) is 136 cm³/mol. The molecule has 0 radical (unpaired) electrons. The lowest BCUT2D eigenvalue weighted by molar-refractivity contribution is -0.105. The van der Waals surface area contributed by atoms with Crippen LogP contribution in [0.1, 0.15) is 23.3 Å². The van der Waals surface area contributed by atoms with Crippen LogP contribution >= 0.6 is 11.3 Å². The quantitative estimate of drug-likeness (QED) is 0.235. The van der Waals surface area contributed by atoms with E-state index in [2.05, 4.69) is 66.5 Å². The first-order valence-corrected chi connectivity index (χ1v) is 11.0. The molecule has 5 N–H and O–H groups in total. The molecule has 1 aliphatic heterocycles. The fourth-order valence-corrected chi connectivity index (χ4v) is 3.53. The monoisotopic (exact) mass is 492 g/mol. The summed E-state index contributed by atoms with van der Waals surface area (Å²) in [5.41, 5.74) is 6.30. The van der Waals surface area contributed by atoms with Gasteiger partial charge in [0.15, 0.2) is 16.8 Å². The lowest BCUT2D eigenvalue weighted by atomic mass is 10.4. The van der Waals surface area contributed by atoms with Crippen molar-refractivity contribution in [2.75, 3.05) is 28.6 Å². The number of aromatic nitrogens is 6. The molecule has 13 heteroatoms. The molecule has 0 bridgehead atoms. The lowest BCUT2D eigenvalue weighted by Gasteiger charge is -2.16. The molecule has 35 heavy (non-hydrogen) atoms. The summed E-state index contributed by atoms with van der Waals surface area (Å²) >= 11 is 1.39. The average Bonchev–Trinajstić information content (AvgIpc) is 3.70. The third kappa shape index (κ3) is 7.05. The van der Waals surface area contributed by atoms with Gasteiger partial charge in [-0.25, -0.2) is 9.50 Å². The summed E-state index contributed by atoms with van der Waals surface area (Å²) in [5.74, 6) is 1.24. The Kier molecular flexibility index (Phi) is 10.3. The molecule has 1 aliphatic rings. The Hall–Kier alpha value is -4.88. The van der Waals surface area contributed by atoms with Gasteiger partial charge in [0.2, 0.25) is 12.4 Å². The Morgan fingerprint density at radius 2 is 1.97 bits per heavy atom. The van der Waals surface area contributed by atoms with Crippen LogP contribution in [0.5, 0.6) is 0 Å². The standard InChI is InChI=1S/C14H16N8O.C4H4N2OS.2C2H2/c15-12(23)9-8-11(19-18-9)16-13-10-4-3-7-22(10)20-14(17-13)21-5-1-2-6-21;7-3-6-4-5-1-2-8-4;2*1-2/h3-4,7-8H,1-2,5-6H2,(H2,15,23)(H2,16,17,18,19,20);1-3H,(H,5,6,7);2*1-2H. The first-order valence-electron chi connectivity index (χ1n) is 10.1. The van der Waals surface area contributed by atoms with Crippen molar-refractivity contribution in [3.63, 3.8) is 0 Å². The number of terminal acetylenes is 2. The molecule has 1 fully saturated rings. The number of nitrogens with zero attached hydrogens (tertiary/aromatic N) is 6. The van der Waals surface area contributed by atoms with Gasteiger partial charge in [0.1, 0.15) is 11.2 Å². The Labute approximate surface area is 206 Å². The van der Waals surface area contributed by atoms with Gasteiger partial charge in [-0.2, -0.15) is 10.1 Å². The Morgan fingerprint density at radius 1 is 1.23 bits per heavy atom. The van der Waals surface area contributed by atoms with Crippen LogP contribution in [-0.4, -0.2) is 55.2 Å². The second kappa shape index (κ2) is 13.6. The third-order valence-corrected chi connectivity index (χ3v) is 5.18. The van der Waals surface area contributed by atoms with Gasteiger partial charge in [-0.15, -0.1) is 42.1 Å². The number of H-pyrrole nitrogens is 1. The number of carbonyl (C=O) groups excluding carboxylic acids is 2. The highest BCUT2D eigenvalue weighted by atomic mass is 32.1. The van der Waals surface area contributed by atoms with Gasteiger partial charge in [0.05, 0.1) is 0 Å². The molecule has 1 saturated heterocycles. The van der Waals surface area contributed by atoms with E-state index in [9.17, 15) is 9.59 Å². The molecule has 4 aromatic heterocycles. The number of anilines is 4. The van der Waals surface area contributed by atoms with Gasteiger partial charge >= 0.3 is 0 Å². The topological polar surface area (TPSA) is 159 Å². The van der Waals surface area contributed by atoms with E-state index in [4.69, 9.17) is 5.73 Å². The molecule has 0 aliphatic carbocycles. The minimum atomic E-state index is -0.557. The van der Waals surface area contributed by atoms with Crippen molar-refractivity contribution in [2.24, 2.45) is 5.73 Å². The number of amides is 2. The molecule has 5 rings (SSSR count). The highest BCUT2D eigenvalue weighted by Crippen LogP contribution is 2.23. The van der Waals surface area contributed by atoms with Crippen LogP contribution in [0.4, 0.5) is 22.7 Å². The van der Waals surface area contributed by atoms with Crippen LogP contribution < -0.4 is 21.3 Å². The first kappa shape index (κ1) is 26.4. The number of nitrogens with one attached hydrogen (secondary N) is 3. The van der Waals surface area contributed by atoms with E-state index in [-0.39, 0.29) is 5.69 Å². The normalized spacial score (nSPS) is 11.6. The molecule has 5 heterocycles. The summed E-state index contributed by atoms with van der Waals surface area (Å²) in [6, 6.07) is 5.37. The van der Waals surface area contributed by atoms with Crippen LogP contribution in [0.15, 0.2) is 36.0 Å². The fourth-order valence-electron chi connectivity index (χ4n) is 3.04. The van der Waals surface area contributed by atoms with Crippen molar-refractivity contribution in [3.05, 3.63) is 41.7 Å². The summed E-state index contributed by atoms with van der Waals surface area (Å²) in [7, 11) is 0. The number of fused-ring (bicyclic) bond motifs is 1. The third-order valence-electron chi connectivity index (χ3n) is 4.47. The van der Waals surface area contributed by atoms with E-state index >= 15 is 0 Å². The zero-order valence-corrected chi connectivity index (χ0v) is 19.5. The largest absolute Gasteiger partial charge is 0.364 e. The van der Waals surface area contributed by atoms with Crippen molar-refractivity contribution >= 4 is 51.9 Å². The van der Waals surface area contributed by atoms with Crippen LogP contribution in [-0.2, 0) is 4.79 Å². The number of hydrogen-bond donors (Lipinski definition) is 4. The maximum atomic E-state index is 11.2. The van der Waals surface area contributed by atoms with Crippen LogP contribution in [0.25, 0.3) is 5.52 Å². The van der Waals surface area contributed by atoms with Gasteiger partial charge in [-0.3, -0.25) is 14.7 Å². The predicted octanol–water partition coefficient (Wildman–Crippen LogP) is 2.11. The molecule has 2 amide bonds. The number of rotatable bonds is 6. The van der Waals surface area contributed by atoms with E-state index in [0.717, 1.165) is 31.4 Å².